The van der Waals surface area contributed by atoms with E-state index in [-0.39, 0.29) is 11.9 Å². The summed E-state index contributed by atoms with van der Waals surface area (Å²) in [7, 11) is 0. The number of nitrogens with zero attached hydrogens (tertiary/aromatic N) is 1. The summed E-state index contributed by atoms with van der Waals surface area (Å²) in [6.45, 7) is 4.18. The second kappa shape index (κ2) is 4.80. The van der Waals surface area contributed by atoms with Crippen molar-refractivity contribution in [1.29, 1.82) is 0 Å². The number of hydrogen-bond acceptors (Lipinski definition) is 1. The minimum absolute atomic E-state index is 0.00239. The first-order chi connectivity index (χ1) is 8.08. The topological polar surface area (TPSA) is 34.0 Å². The summed E-state index contributed by atoms with van der Waals surface area (Å²) in [6.07, 6.45) is 1.89. The summed E-state index contributed by atoms with van der Waals surface area (Å²) in [5, 5.41) is 4.58. The average molecular weight is 251 g/mol. The van der Waals surface area contributed by atoms with Crippen molar-refractivity contribution in [3.63, 3.8) is 0 Å². The number of carbonyl (C=O) groups excluding carboxylic acids is 1. The zero-order chi connectivity index (χ0) is 12.4. The molecular formula is C13H15ClN2O. The van der Waals surface area contributed by atoms with Gasteiger partial charge in [0.15, 0.2) is 0 Å². The van der Waals surface area contributed by atoms with Gasteiger partial charge in [0.1, 0.15) is 6.54 Å². The second-order valence-electron chi connectivity index (χ2n) is 4.34. The highest BCUT2D eigenvalue weighted by Crippen LogP contribution is 2.24. The Morgan fingerprint density at radius 2 is 2.18 bits per heavy atom. The molecule has 0 bridgehead atoms. The molecule has 3 nitrogen and oxygen atoms in total. The summed E-state index contributed by atoms with van der Waals surface area (Å²) in [5.74, 6) is -0.00239. The Morgan fingerprint density at radius 1 is 1.41 bits per heavy atom. The molecule has 0 radical (unpaired) electrons. The van der Waals surface area contributed by atoms with Crippen LogP contribution in [0.5, 0.6) is 0 Å². The van der Waals surface area contributed by atoms with Crippen LogP contribution in [0.15, 0.2) is 30.5 Å². The Kier molecular flexibility index (Phi) is 3.38. The van der Waals surface area contributed by atoms with E-state index in [4.69, 9.17) is 11.6 Å². The minimum Gasteiger partial charge on any atom is -0.352 e. The van der Waals surface area contributed by atoms with Crippen molar-refractivity contribution in [2.75, 3.05) is 0 Å². The molecule has 0 aliphatic carbocycles. The van der Waals surface area contributed by atoms with Gasteiger partial charge >= 0.3 is 0 Å². The molecule has 0 spiro atoms. The van der Waals surface area contributed by atoms with E-state index in [9.17, 15) is 4.79 Å². The number of fused-ring (bicyclic) bond motifs is 1. The maximum Gasteiger partial charge on any atom is 0.240 e. The van der Waals surface area contributed by atoms with E-state index < -0.39 is 0 Å². The van der Waals surface area contributed by atoms with Gasteiger partial charge in [0.2, 0.25) is 5.91 Å². The fraction of sp³-hybridized carbons (Fsp3) is 0.308. The predicted molar refractivity (Wildman–Crippen MR) is 70.2 cm³/mol. The van der Waals surface area contributed by atoms with Gasteiger partial charge in [-0.1, -0.05) is 23.7 Å². The van der Waals surface area contributed by atoms with Crippen molar-refractivity contribution < 1.29 is 4.79 Å². The van der Waals surface area contributed by atoms with E-state index in [1.807, 2.05) is 48.9 Å². The summed E-state index contributed by atoms with van der Waals surface area (Å²) >= 11 is 6.14. The number of aromatic nitrogens is 1. The van der Waals surface area contributed by atoms with Crippen LogP contribution in [-0.2, 0) is 11.3 Å². The molecule has 0 saturated heterocycles. The van der Waals surface area contributed by atoms with Gasteiger partial charge in [-0.25, -0.2) is 0 Å². The molecule has 4 heteroatoms. The number of rotatable bonds is 3. The first-order valence-corrected chi connectivity index (χ1v) is 5.98. The SMILES string of the molecule is CC(C)NC(=O)Cn1ccc2cccc(Cl)c21. The number of nitrogens with one attached hydrogen (secondary N) is 1. The summed E-state index contributed by atoms with van der Waals surface area (Å²) in [4.78, 5) is 11.7. The van der Waals surface area contributed by atoms with Crippen LogP contribution >= 0.6 is 11.6 Å². The number of para-hydroxylation sites is 1. The largest absolute Gasteiger partial charge is 0.352 e. The van der Waals surface area contributed by atoms with Gasteiger partial charge in [-0.05, 0) is 26.0 Å². The first kappa shape index (κ1) is 12.0. The smallest absolute Gasteiger partial charge is 0.240 e. The third kappa shape index (κ3) is 2.61. The van der Waals surface area contributed by atoms with Crippen LogP contribution in [-0.4, -0.2) is 16.5 Å². The van der Waals surface area contributed by atoms with Crippen LogP contribution in [0.25, 0.3) is 10.9 Å². The molecule has 90 valence electrons. The molecule has 1 heterocycles. The summed E-state index contributed by atoms with van der Waals surface area (Å²) in [6, 6.07) is 7.84. The van der Waals surface area contributed by atoms with E-state index >= 15 is 0 Å². The second-order valence-corrected chi connectivity index (χ2v) is 4.75. The molecule has 0 aliphatic rings. The molecule has 0 unspecified atom stereocenters. The summed E-state index contributed by atoms with van der Waals surface area (Å²) < 4.78 is 1.87. The number of hydrogen-bond donors (Lipinski definition) is 1. The zero-order valence-electron chi connectivity index (χ0n) is 9.90. The lowest BCUT2D eigenvalue weighted by Gasteiger charge is -2.10. The molecule has 0 fully saturated rings. The van der Waals surface area contributed by atoms with Crippen molar-refractivity contribution in [3.8, 4) is 0 Å². The number of benzene rings is 1. The van der Waals surface area contributed by atoms with E-state index in [1.165, 1.54) is 0 Å². The van der Waals surface area contributed by atoms with Gasteiger partial charge in [0.05, 0.1) is 10.5 Å². The Bertz CT molecular complexity index is 545. The van der Waals surface area contributed by atoms with Crippen LogP contribution in [0.3, 0.4) is 0 Å². The maximum absolute atomic E-state index is 11.7. The predicted octanol–water partition coefficient (Wildman–Crippen LogP) is 2.82. The van der Waals surface area contributed by atoms with Crippen LogP contribution < -0.4 is 5.32 Å². The maximum atomic E-state index is 11.7. The van der Waals surface area contributed by atoms with Crippen LogP contribution in [0.1, 0.15) is 13.8 Å². The first-order valence-electron chi connectivity index (χ1n) is 5.60. The van der Waals surface area contributed by atoms with Gasteiger partial charge in [-0.3, -0.25) is 4.79 Å². The Hall–Kier alpha value is -1.48. The molecule has 1 aromatic carbocycles. The Morgan fingerprint density at radius 3 is 2.88 bits per heavy atom. The third-order valence-electron chi connectivity index (χ3n) is 2.50. The molecule has 1 aromatic heterocycles. The van der Waals surface area contributed by atoms with Crippen LogP contribution in [0.2, 0.25) is 5.02 Å². The fourth-order valence-corrected chi connectivity index (χ4v) is 2.16. The number of carbonyl (C=O) groups is 1. The van der Waals surface area contributed by atoms with Crippen LogP contribution in [0.4, 0.5) is 0 Å². The molecular weight excluding hydrogens is 236 g/mol. The normalized spacial score (nSPS) is 11.1. The highest BCUT2D eigenvalue weighted by Gasteiger charge is 2.09. The minimum atomic E-state index is -0.00239. The number of halogens is 1. The molecule has 1 amide bonds. The molecule has 1 N–H and O–H groups in total. The Balaban J connectivity index is 2.28. The average Bonchev–Trinajstić information content (AvgIpc) is 2.61. The molecule has 0 atom stereocenters. The van der Waals surface area contributed by atoms with E-state index in [0.29, 0.717) is 11.6 Å². The standard InChI is InChI=1S/C13H15ClN2O/c1-9(2)15-12(17)8-16-7-6-10-4-3-5-11(14)13(10)16/h3-7,9H,8H2,1-2H3,(H,15,17). The third-order valence-corrected chi connectivity index (χ3v) is 2.81. The molecule has 17 heavy (non-hydrogen) atoms. The van der Waals surface area contributed by atoms with E-state index in [0.717, 1.165) is 10.9 Å². The quantitative estimate of drug-likeness (QED) is 0.893. The van der Waals surface area contributed by atoms with Crippen molar-refractivity contribution in [3.05, 3.63) is 35.5 Å². The van der Waals surface area contributed by atoms with Crippen LogP contribution in [0, 0.1) is 0 Å². The molecule has 2 rings (SSSR count). The van der Waals surface area contributed by atoms with Crippen molar-refractivity contribution in [2.24, 2.45) is 0 Å². The monoisotopic (exact) mass is 250 g/mol. The van der Waals surface area contributed by atoms with Gasteiger partial charge < -0.3 is 9.88 Å². The van der Waals surface area contributed by atoms with Gasteiger partial charge in [-0.15, -0.1) is 0 Å². The van der Waals surface area contributed by atoms with Crippen molar-refractivity contribution >= 4 is 28.4 Å². The Labute approximate surface area is 105 Å². The molecule has 0 saturated carbocycles. The van der Waals surface area contributed by atoms with Crippen molar-refractivity contribution in [1.82, 2.24) is 9.88 Å². The lowest BCUT2D eigenvalue weighted by atomic mass is 10.2. The van der Waals surface area contributed by atoms with Gasteiger partial charge in [0.25, 0.3) is 0 Å². The van der Waals surface area contributed by atoms with Gasteiger partial charge in [-0.2, -0.15) is 0 Å². The zero-order valence-corrected chi connectivity index (χ0v) is 10.7. The number of amides is 1. The fourth-order valence-electron chi connectivity index (χ4n) is 1.87. The van der Waals surface area contributed by atoms with Gasteiger partial charge in [0, 0.05) is 17.6 Å². The van der Waals surface area contributed by atoms with E-state index in [1.54, 1.807) is 0 Å². The molecule has 2 aromatic rings. The lowest BCUT2D eigenvalue weighted by molar-refractivity contribution is -0.122. The summed E-state index contributed by atoms with van der Waals surface area (Å²) in [5.41, 5.74) is 0.910. The highest BCUT2D eigenvalue weighted by atomic mass is 35.5. The highest BCUT2D eigenvalue weighted by molar-refractivity contribution is 6.35. The lowest BCUT2D eigenvalue weighted by Crippen LogP contribution is -2.32. The van der Waals surface area contributed by atoms with Crippen molar-refractivity contribution in [2.45, 2.75) is 26.4 Å². The molecule has 0 aliphatic heterocycles. The van der Waals surface area contributed by atoms with E-state index in [2.05, 4.69) is 5.32 Å².